The van der Waals surface area contributed by atoms with Crippen molar-refractivity contribution in [3.05, 3.63) is 25.3 Å². The molecule has 0 radical (unpaired) electrons. The van der Waals surface area contributed by atoms with Gasteiger partial charge in [0.2, 0.25) is 0 Å². The molecule has 1 rings (SSSR count). The number of hydrogen-bond acceptors (Lipinski definition) is 4. The molecule has 0 aromatic rings. The van der Waals surface area contributed by atoms with Crippen molar-refractivity contribution in [3.63, 3.8) is 0 Å². The Balaban J connectivity index is 2.60. The monoisotopic (exact) mass is 252 g/mol. The van der Waals surface area contributed by atoms with Crippen LogP contribution in [0.25, 0.3) is 0 Å². The maximum atomic E-state index is 11.8. The second kappa shape index (κ2) is 7.69. The Hall–Kier alpha value is -1.58. The van der Waals surface area contributed by atoms with Crippen LogP contribution < -0.4 is 0 Å². The minimum atomic E-state index is -0.379. The lowest BCUT2D eigenvalue weighted by molar-refractivity contribution is -0.161. The first-order valence-electron chi connectivity index (χ1n) is 6.25. The lowest BCUT2D eigenvalue weighted by atomic mass is 9.79. The van der Waals surface area contributed by atoms with Crippen LogP contribution in [0, 0.1) is 11.8 Å². The molecule has 0 N–H and O–H groups in total. The third-order valence-electron chi connectivity index (χ3n) is 3.06. The molecule has 0 aromatic heterocycles. The molecule has 100 valence electrons. The fourth-order valence-corrected chi connectivity index (χ4v) is 2.19. The van der Waals surface area contributed by atoms with Gasteiger partial charge in [-0.15, -0.1) is 0 Å². The van der Waals surface area contributed by atoms with E-state index in [1.807, 2.05) is 0 Å². The van der Waals surface area contributed by atoms with Crippen LogP contribution in [0.2, 0.25) is 0 Å². The summed E-state index contributed by atoms with van der Waals surface area (Å²) in [7, 11) is 0. The highest BCUT2D eigenvalue weighted by Crippen LogP contribution is 2.32. The Kier molecular flexibility index (Phi) is 6.19. The third kappa shape index (κ3) is 4.02. The van der Waals surface area contributed by atoms with Crippen molar-refractivity contribution in [2.24, 2.45) is 11.8 Å². The van der Waals surface area contributed by atoms with E-state index in [2.05, 4.69) is 13.2 Å². The molecule has 0 heterocycles. The molecular formula is C14H20O4. The molecule has 18 heavy (non-hydrogen) atoms. The zero-order valence-corrected chi connectivity index (χ0v) is 10.6. The van der Waals surface area contributed by atoms with Crippen LogP contribution >= 0.6 is 0 Å². The van der Waals surface area contributed by atoms with Gasteiger partial charge in [0.15, 0.2) is 0 Å². The number of esters is 2. The summed E-state index contributed by atoms with van der Waals surface area (Å²) in [5.41, 5.74) is 0. The van der Waals surface area contributed by atoms with Crippen LogP contribution in [0.5, 0.6) is 0 Å². The Bertz CT molecular complexity index is 290. The molecule has 0 amide bonds. The van der Waals surface area contributed by atoms with Crippen LogP contribution in [0.1, 0.15) is 25.7 Å². The summed E-state index contributed by atoms with van der Waals surface area (Å²) >= 11 is 0. The smallest absolute Gasteiger partial charge is 0.310 e. The quantitative estimate of drug-likeness (QED) is 0.537. The summed E-state index contributed by atoms with van der Waals surface area (Å²) in [6.07, 6.45) is 6.30. The number of carbonyl (C=O) groups excluding carboxylic acids is 2. The summed E-state index contributed by atoms with van der Waals surface area (Å²) in [4.78, 5) is 23.7. The van der Waals surface area contributed by atoms with E-state index in [1.165, 1.54) is 12.2 Å². The van der Waals surface area contributed by atoms with Gasteiger partial charge in [0.1, 0.15) is 13.2 Å². The summed E-state index contributed by atoms with van der Waals surface area (Å²) in [5, 5.41) is 0. The van der Waals surface area contributed by atoms with Crippen LogP contribution in [-0.2, 0) is 19.1 Å². The average molecular weight is 252 g/mol. The second-order valence-electron chi connectivity index (χ2n) is 4.33. The first kappa shape index (κ1) is 14.5. The number of hydrogen-bond donors (Lipinski definition) is 0. The molecule has 0 unspecified atom stereocenters. The van der Waals surface area contributed by atoms with Crippen molar-refractivity contribution in [2.75, 3.05) is 13.2 Å². The molecule has 0 aromatic carbocycles. The first-order chi connectivity index (χ1) is 8.70. The van der Waals surface area contributed by atoms with E-state index < -0.39 is 0 Å². The van der Waals surface area contributed by atoms with Crippen molar-refractivity contribution in [2.45, 2.75) is 25.7 Å². The summed E-state index contributed by atoms with van der Waals surface area (Å²) < 4.78 is 10.1. The van der Waals surface area contributed by atoms with Crippen molar-refractivity contribution < 1.29 is 19.1 Å². The van der Waals surface area contributed by atoms with Gasteiger partial charge in [-0.3, -0.25) is 9.59 Å². The van der Waals surface area contributed by atoms with E-state index >= 15 is 0 Å². The predicted octanol–water partition coefficient (Wildman–Crippen LogP) is 2.25. The molecule has 0 aliphatic heterocycles. The van der Waals surface area contributed by atoms with Crippen LogP contribution in [0.15, 0.2) is 25.3 Å². The van der Waals surface area contributed by atoms with E-state index in [1.54, 1.807) is 0 Å². The summed E-state index contributed by atoms with van der Waals surface area (Å²) in [6, 6.07) is 0. The second-order valence-corrected chi connectivity index (χ2v) is 4.33. The first-order valence-corrected chi connectivity index (χ1v) is 6.25. The van der Waals surface area contributed by atoms with Crippen molar-refractivity contribution in [3.8, 4) is 0 Å². The SMILES string of the molecule is C=CCOC(=O)[C@H]1CCCC[C@@H]1C(=O)OCC=C. The number of carbonyl (C=O) groups is 2. The van der Waals surface area contributed by atoms with Crippen molar-refractivity contribution >= 4 is 11.9 Å². The molecular weight excluding hydrogens is 232 g/mol. The Morgan fingerprint density at radius 3 is 1.67 bits per heavy atom. The summed E-state index contributed by atoms with van der Waals surface area (Å²) in [6.45, 7) is 7.35. The molecule has 0 spiro atoms. The highest BCUT2D eigenvalue weighted by molar-refractivity contribution is 5.82. The number of rotatable bonds is 6. The maximum absolute atomic E-state index is 11.8. The molecule has 4 heteroatoms. The maximum Gasteiger partial charge on any atom is 0.310 e. The zero-order valence-electron chi connectivity index (χ0n) is 10.6. The molecule has 0 saturated heterocycles. The largest absolute Gasteiger partial charge is 0.461 e. The van der Waals surface area contributed by atoms with E-state index in [-0.39, 0.29) is 37.0 Å². The lowest BCUT2D eigenvalue weighted by Crippen LogP contribution is -2.35. The molecule has 1 saturated carbocycles. The standard InChI is InChI=1S/C14H20O4/c1-3-9-17-13(15)11-7-5-6-8-12(11)14(16)18-10-4-2/h3-4,11-12H,1-2,5-10H2/t11-,12-/m0/s1. The van der Waals surface area contributed by atoms with E-state index in [9.17, 15) is 9.59 Å². The molecule has 1 fully saturated rings. The topological polar surface area (TPSA) is 52.6 Å². The Morgan fingerprint density at radius 1 is 0.944 bits per heavy atom. The molecule has 1 aliphatic carbocycles. The minimum absolute atomic E-state index is 0.184. The van der Waals surface area contributed by atoms with Crippen molar-refractivity contribution in [1.82, 2.24) is 0 Å². The normalized spacial score (nSPS) is 22.9. The fraction of sp³-hybridized carbons (Fsp3) is 0.571. The van der Waals surface area contributed by atoms with Crippen LogP contribution in [0.3, 0.4) is 0 Å². The highest BCUT2D eigenvalue weighted by atomic mass is 16.5. The fourth-order valence-electron chi connectivity index (χ4n) is 2.19. The Labute approximate surface area is 108 Å². The molecule has 1 aliphatic rings. The average Bonchev–Trinajstić information content (AvgIpc) is 2.42. The van der Waals surface area contributed by atoms with Gasteiger partial charge < -0.3 is 9.47 Å². The van der Waals surface area contributed by atoms with Gasteiger partial charge in [0.25, 0.3) is 0 Å². The zero-order chi connectivity index (χ0) is 13.4. The predicted molar refractivity (Wildman–Crippen MR) is 67.8 cm³/mol. The number of ether oxygens (including phenoxy) is 2. The molecule has 2 atom stereocenters. The van der Waals surface area contributed by atoms with Crippen LogP contribution in [-0.4, -0.2) is 25.2 Å². The van der Waals surface area contributed by atoms with Gasteiger partial charge >= 0.3 is 11.9 Å². The Morgan fingerprint density at radius 2 is 1.33 bits per heavy atom. The molecule has 4 nitrogen and oxygen atoms in total. The summed E-state index contributed by atoms with van der Waals surface area (Å²) in [5.74, 6) is -1.41. The van der Waals surface area contributed by atoms with Gasteiger partial charge in [-0.25, -0.2) is 0 Å². The van der Waals surface area contributed by atoms with Gasteiger partial charge in [0.05, 0.1) is 11.8 Å². The highest BCUT2D eigenvalue weighted by Gasteiger charge is 2.37. The third-order valence-corrected chi connectivity index (χ3v) is 3.06. The molecule has 0 bridgehead atoms. The van der Waals surface area contributed by atoms with Gasteiger partial charge in [-0.1, -0.05) is 38.2 Å². The minimum Gasteiger partial charge on any atom is -0.461 e. The van der Waals surface area contributed by atoms with Gasteiger partial charge in [-0.2, -0.15) is 0 Å². The van der Waals surface area contributed by atoms with Gasteiger partial charge in [-0.05, 0) is 12.8 Å². The van der Waals surface area contributed by atoms with E-state index in [4.69, 9.17) is 9.47 Å². The lowest BCUT2D eigenvalue weighted by Gasteiger charge is -2.27. The van der Waals surface area contributed by atoms with Crippen molar-refractivity contribution in [1.29, 1.82) is 0 Å². The van der Waals surface area contributed by atoms with Crippen LogP contribution in [0.4, 0.5) is 0 Å². The van der Waals surface area contributed by atoms with E-state index in [0.29, 0.717) is 12.8 Å². The van der Waals surface area contributed by atoms with E-state index in [0.717, 1.165) is 12.8 Å². The van der Waals surface area contributed by atoms with Gasteiger partial charge in [0, 0.05) is 0 Å².